The smallest absolute Gasteiger partial charge is 0.410 e. The molecule has 1 atom stereocenters. The van der Waals surface area contributed by atoms with Crippen molar-refractivity contribution in [2.75, 3.05) is 13.1 Å². The second kappa shape index (κ2) is 12.9. The lowest BCUT2D eigenvalue weighted by molar-refractivity contribution is 0.0179. The Bertz CT molecular complexity index is 1230. The number of ether oxygens (including phenoxy) is 1. The number of aryl methyl sites for hydroxylation is 2. The molecule has 1 fully saturated rings. The fourth-order valence-electron chi connectivity index (χ4n) is 5.76. The Labute approximate surface area is 238 Å². The van der Waals surface area contributed by atoms with Crippen molar-refractivity contribution in [2.24, 2.45) is 11.7 Å². The van der Waals surface area contributed by atoms with E-state index < -0.39 is 5.60 Å². The van der Waals surface area contributed by atoms with Crippen molar-refractivity contribution in [1.29, 1.82) is 0 Å². The molecular weight excluding hydrogens is 508 g/mol. The molecule has 210 valence electrons. The number of hydrogen-bond acceptors (Lipinski definition) is 4. The molecule has 2 N–H and O–H groups in total. The maximum absolute atomic E-state index is 12.6. The van der Waals surface area contributed by atoms with Gasteiger partial charge in [0.05, 0.1) is 6.33 Å². The normalized spacial score (nSPS) is 19.7. The topological polar surface area (TPSA) is 73.4 Å². The number of piperidine rings is 1. The number of halogens is 1. The average Bonchev–Trinajstić information content (AvgIpc) is 3.23. The van der Waals surface area contributed by atoms with Gasteiger partial charge in [-0.05, 0) is 125 Å². The third kappa shape index (κ3) is 8.01. The second-order valence-electron chi connectivity index (χ2n) is 11.9. The quantitative estimate of drug-likeness (QED) is 0.384. The van der Waals surface area contributed by atoms with E-state index in [1.54, 1.807) is 6.20 Å². The highest BCUT2D eigenvalue weighted by Crippen LogP contribution is 2.42. The summed E-state index contributed by atoms with van der Waals surface area (Å²) in [7, 11) is 0. The zero-order valence-corrected chi connectivity index (χ0v) is 24.6. The van der Waals surface area contributed by atoms with Gasteiger partial charge in [0.25, 0.3) is 0 Å². The lowest BCUT2D eigenvalue weighted by Crippen LogP contribution is -2.41. The van der Waals surface area contributed by atoms with Crippen molar-refractivity contribution in [3.63, 3.8) is 0 Å². The van der Waals surface area contributed by atoms with E-state index in [4.69, 9.17) is 22.1 Å². The lowest BCUT2D eigenvalue weighted by Gasteiger charge is -2.35. The van der Waals surface area contributed by atoms with Crippen LogP contribution in [0.2, 0.25) is 5.02 Å². The van der Waals surface area contributed by atoms with Crippen molar-refractivity contribution in [3.05, 3.63) is 82.1 Å². The standard InChI is InChI=1S/C32H43ClN4O2/c1-23-21-35-22-37(23)14-6-8-26-19-28-20-29(33)9-10-30(28)27(18-25(26)7-5-13-34)17-24-11-15-36(16-12-24)31(38)39-32(2,3)4/h5,7,9-10,13,19-22,24,27H,6,8,11-12,14-18,34H2,1-4H3/b13-5-,25-7+. The van der Waals surface area contributed by atoms with Gasteiger partial charge in [0.15, 0.2) is 0 Å². The van der Waals surface area contributed by atoms with Crippen molar-refractivity contribution < 1.29 is 9.53 Å². The first-order valence-electron chi connectivity index (χ1n) is 14.2. The minimum Gasteiger partial charge on any atom is -0.444 e. The minimum atomic E-state index is -0.470. The third-order valence-corrected chi connectivity index (χ3v) is 7.99. The summed E-state index contributed by atoms with van der Waals surface area (Å²) in [6.07, 6.45) is 17.7. The molecule has 2 aromatic rings. The Kier molecular flexibility index (Phi) is 9.60. The molecule has 1 saturated heterocycles. The van der Waals surface area contributed by atoms with Gasteiger partial charge in [-0.25, -0.2) is 9.78 Å². The van der Waals surface area contributed by atoms with E-state index in [1.165, 1.54) is 28.0 Å². The van der Waals surface area contributed by atoms with Crippen LogP contribution < -0.4 is 5.73 Å². The summed E-state index contributed by atoms with van der Waals surface area (Å²) in [5.74, 6) is 0.923. The van der Waals surface area contributed by atoms with Crippen LogP contribution in [0, 0.1) is 12.8 Å². The molecule has 1 unspecified atom stereocenters. The first kappa shape index (κ1) is 29.0. The molecule has 0 spiro atoms. The number of likely N-dealkylation sites (tertiary alicyclic amines) is 1. The summed E-state index contributed by atoms with van der Waals surface area (Å²) < 4.78 is 7.81. The molecule has 1 aliphatic carbocycles. The number of allylic oxidation sites excluding steroid dienone is 4. The zero-order valence-electron chi connectivity index (χ0n) is 23.8. The number of nitrogens with zero attached hydrogens (tertiary/aromatic N) is 3. The molecule has 1 amide bonds. The zero-order chi connectivity index (χ0) is 28.0. The first-order chi connectivity index (χ1) is 18.6. The summed E-state index contributed by atoms with van der Waals surface area (Å²) in [6, 6.07) is 6.34. The van der Waals surface area contributed by atoms with Crippen LogP contribution in [0.4, 0.5) is 4.79 Å². The molecule has 0 bridgehead atoms. The van der Waals surface area contributed by atoms with Gasteiger partial charge in [0, 0.05) is 36.5 Å². The van der Waals surface area contributed by atoms with Crippen LogP contribution in [-0.2, 0) is 11.3 Å². The van der Waals surface area contributed by atoms with E-state index in [0.29, 0.717) is 11.8 Å². The van der Waals surface area contributed by atoms with Crippen LogP contribution in [-0.4, -0.2) is 39.2 Å². The van der Waals surface area contributed by atoms with Gasteiger partial charge in [0.1, 0.15) is 5.60 Å². The molecule has 4 rings (SSSR count). The largest absolute Gasteiger partial charge is 0.444 e. The van der Waals surface area contributed by atoms with Gasteiger partial charge >= 0.3 is 6.09 Å². The van der Waals surface area contributed by atoms with Gasteiger partial charge in [-0.2, -0.15) is 0 Å². The van der Waals surface area contributed by atoms with E-state index >= 15 is 0 Å². The fourth-order valence-corrected chi connectivity index (χ4v) is 5.94. The van der Waals surface area contributed by atoms with Crippen molar-refractivity contribution >= 4 is 23.8 Å². The van der Waals surface area contributed by atoms with Crippen molar-refractivity contribution in [1.82, 2.24) is 14.5 Å². The number of rotatable bonds is 7. The number of aromatic nitrogens is 2. The Morgan fingerprint density at radius 1 is 1.26 bits per heavy atom. The van der Waals surface area contributed by atoms with Gasteiger partial charge < -0.3 is 19.9 Å². The highest BCUT2D eigenvalue weighted by atomic mass is 35.5. The number of imidazole rings is 1. The molecular formula is C32H43ClN4O2. The summed E-state index contributed by atoms with van der Waals surface area (Å²) in [5.41, 5.74) is 11.7. The lowest BCUT2D eigenvalue weighted by atomic mass is 9.80. The highest BCUT2D eigenvalue weighted by molar-refractivity contribution is 6.30. The van der Waals surface area contributed by atoms with Crippen molar-refractivity contribution in [2.45, 2.75) is 84.3 Å². The van der Waals surface area contributed by atoms with Gasteiger partial charge in [-0.15, -0.1) is 0 Å². The Morgan fingerprint density at radius 2 is 2.03 bits per heavy atom. The van der Waals surface area contributed by atoms with Crippen LogP contribution in [0.15, 0.2) is 60.2 Å². The predicted molar refractivity (Wildman–Crippen MR) is 160 cm³/mol. The summed E-state index contributed by atoms with van der Waals surface area (Å²) in [6.45, 7) is 10.3. The third-order valence-electron chi connectivity index (χ3n) is 7.76. The number of carbonyl (C=O) groups is 1. The van der Waals surface area contributed by atoms with Crippen LogP contribution >= 0.6 is 11.6 Å². The molecule has 1 aromatic heterocycles. The van der Waals surface area contributed by atoms with E-state index in [-0.39, 0.29) is 6.09 Å². The maximum atomic E-state index is 12.6. The summed E-state index contributed by atoms with van der Waals surface area (Å²) >= 11 is 6.49. The Balaban J connectivity index is 1.50. The van der Waals surface area contributed by atoms with E-state index in [9.17, 15) is 4.79 Å². The van der Waals surface area contributed by atoms with Gasteiger partial charge in [0.2, 0.25) is 0 Å². The number of benzene rings is 1. The molecule has 1 aromatic carbocycles. The van der Waals surface area contributed by atoms with Crippen LogP contribution in [0.1, 0.15) is 82.0 Å². The molecule has 0 saturated carbocycles. The number of carbonyl (C=O) groups excluding carboxylic acids is 1. The van der Waals surface area contributed by atoms with Crippen molar-refractivity contribution in [3.8, 4) is 0 Å². The molecule has 39 heavy (non-hydrogen) atoms. The van der Waals surface area contributed by atoms with Gasteiger partial charge in [-0.1, -0.05) is 29.8 Å². The average molecular weight is 551 g/mol. The first-order valence-corrected chi connectivity index (χ1v) is 14.5. The maximum Gasteiger partial charge on any atom is 0.410 e. The number of amides is 1. The second-order valence-corrected chi connectivity index (χ2v) is 12.3. The number of hydrogen-bond donors (Lipinski definition) is 1. The molecule has 6 nitrogen and oxygen atoms in total. The summed E-state index contributed by atoms with van der Waals surface area (Å²) in [5, 5.41) is 0.761. The van der Waals surface area contributed by atoms with Crippen LogP contribution in [0.25, 0.3) is 6.08 Å². The minimum absolute atomic E-state index is 0.200. The van der Waals surface area contributed by atoms with E-state index in [1.807, 2.05) is 50.3 Å². The Morgan fingerprint density at radius 3 is 2.69 bits per heavy atom. The molecule has 1 aliphatic heterocycles. The van der Waals surface area contributed by atoms with Gasteiger partial charge in [-0.3, -0.25) is 0 Å². The molecule has 2 heterocycles. The predicted octanol–water partition coefficient (Wildman–Crippen LogP) is 7.63. The fraction of sp³-hybridized carbons (Fsp3) is 0.500. The highest BCUT2D eigenvalue weighted by Gasteiger charge is 2.30. The Hall–Kier alpha value is -2.99. The van der Waals surface area contributed by atoms with Crippen LogP contribution in [0.3, 0.4) is 0 Å². The molecule has 0 radical (unpaired) electrons. The molecule has 7 heteroatoms. The summed E-state index contributed by atoms with van der Waals surface area (Å²) in [4.78, 5) is 18.7. The van der Waals surface area contributed by atoms with E-state index in [0.717, 1.165) is 63.2 Å². The molecule has 2 aliphatic rings. The number of fused-ring (bicyclic) bond motifs is 1. The number of nitrogens with two attached hydrogens (primary N) is 1. The van der Waals surface area contributed by atoms with Crippen LogP contribution in [0.5, 0.6) is 0 Å². The van der Waals surface area contributed by atoms with E-state index in [2.05, 4.69) is 40.8 Å². The SMILES string of the molecule is Cc1cncn1CCCC1=Cc2cc(Cl)ccc2C(CC2CCN(C(=O)OC(C)(C)C)CC2)C/C1=C\C=C/N. The monoisotopic (exact) mass is 550 g/mol.